The van der Waals surface area contributed by atoms with Gasteiger partial charge in [-0.2, -0.15) is 0 Å². The van der Waals surface area contributed by atoms with Crippen LogP contribution in [0.25, 0.3) is 120 Å². The van der Waals surface area contributed by atoms with Gasteiger partial charge >= 0.3 is 0 Å². The van der Waals surface area contributed by atoms with Gasteiger partial charge in [0.15, 0.2) is 0 Å². The molecule has 0 saturated heterocycles. The average Bonchev–Trinajstić information content (AvgIpc) is 3.37. The molecule has 0 aliphatic rings. The summed E-state index contributed by atoms with van der Waals surface area (Å²) in [6.07, 6.45) is 0. The van der Waals surface area contributed by atoms with Crippen LogP contribution in [0.1, 0.15) is 0 Å². The zero-order valence-electron chi connectivity index (χ0n) is 38.5. The molecule has 12 rings (SSSR count). The largest absolute Gasteiger partial charge is 0.113 e. The van der Waals surface area contributed by atoms with E-state index in [1.165, 1.54) is 0 Å². The highest BCUT2D eigenvalue weighted by Crippen LogP contribution is 2.48. The van der Waals surface area contributed by atoms with Crippen LogP contribution in [0.4, 0.5) is 0 Å². The van der Waals surface area contributed by atoms with Gasteiger partial charge in [-0.1, -0.05) is 160 Å². The van der Waals surface area contributed by atoms with Gasteiger partial charge in [0.05, 0.1) is 0 Å². The molecular weight excluding hydrogens is 843 g/mol. The fourth-order valence-corrected chi connectivity index (χ4v) is 11.6. The maximum atomic E-state index is 7.48. The van der Waals surface area contributed by atoms with Crippen molar-refractivity contribution in [2.75, 3.05) is 0 Å². The summed E-state index contributed by atoms with van der Waals surface area (Å²) in [7, 11) is 126. The zero-order valence-corrected chi connectivity index (χ0v) is 38.5. The first-order valence-electron chi connectivity index (χ1n) is 22.6. The summed E-state index contributed by atoms with van der Waals surface area (Å²) in [4.78, 5) is 0. The van der Waals surface area contributed by atoms with Crippen molar-refractivity contribution in [3.05, 3.63) is 84.9 Å². The van der Waals surface area contributed by atoms with Gasteiger partial charge in [-0.05, 0) is 132 Å². The lowest BCUT2D eigenvalue weighted by Crippen LogP contribution is -2.48. The van der Waals surface area contributed by atoms with Crippen LogP contribution in [-0.4, -0.2) is 141 Å². The van der Waals surface area contributed by atoms with Crippen molar-refractivity contribution in [1.82, 2.24) is 0 Å². The van der Waals surface area contributed by atoms with Gasteiger partial charge in [0.2, 0.25) is 0 Å². The fourth-order valence-electron chi connectivity index (χ4n) is 11.6. The third kappa shape index (κ3) is 5.96. The Morgan fingerprint density at radius 2 is 0.528 bits per heavy atom. The first-order valence-corrected chi connectivity index (χ1v) is 22.6. The van der Waals surface area contributed by atoms with Gasteiger partial charge in [-0.3, -0.25) is 0 Å². The van der Waals surface area contributed by atoms with Gasteiger partial charge in [-0.15, -0.1) is 10.9 Å². The van der Waals surface area contributed by atoms with Crippen LogP contribution in [0.5, 0.6) is 0 Å². The van der Waals surface area contributed by atoms with E-state index in [4.69, 9.17) is 141 Å². The molecule has 18 heteroatoms. The van der Waals surface area contributed by atoms with Gasteiger partial charge in [-0.25, -0.2) is 0 Å². The average molecular weight is 857 g/mol. The molecule has 0 spiro atoms. The Kier molecular flexibility index (Phi) is 10.7. The molecule has 0 N–H and O–H groups in total. The van der Waals surface area contributed by atoms with Crippen LogP contribution in [0.2, 0.25) is 0 Å². The summed E-state index contributed by atoms with van der Waals surface area (Å²) in [6, 6.07) is 27.9. The Morgan fingerprint density at radius 1 is 0.194 bits per heavy atom. The fraction of sp³-hybridized carbons (Fsp3) is 0. The molecule has 0 aliphatic carbocycles. The third-order valence-corrected chi connectivity index (χ3v) is 15.1. The second kappa shape index (κ2) is 16.3. The number of fused-ring (bicyclic) bond motifs is 1. The van der Waals surface area contributed by atoms with Gasteiger partial charge in [0.1, 0.15) is 141 Å². The van der Waals surface area contributed by atoms with E-state index in [-0.39, 0.29) is 98.3 Å². The van der Waals surface area contributed by atoms with Crippen molar-refractivity contribution in [1.29, 1.82) is 0 Å². The first-order chi connectivity index (χ1) is 34.3. The molecule has 0 nitrogen and oxygen atoms in total. The number of benzene rings is 12. The highest BCUT2D eigenvalue weighted by atomic mass is 14.3. The Hall–Kier alpha value is -5.85. The lowest BCUT2D eigenvalue weighted by Gasteiger charge is -2.31. The molecule has 36 radical (unpaired) electrons. The van der Waals surface area contributed by atoms with Gasteiger partial charge in [0.25, 0.3) is 0 Å². The molecule has 0 atom stereocenters. The van der Waals surface area contributed by atoms with Crippen molar-refractivity contribution in [3.8, 4) is 44.5 Å². The summed E-state index contributed by atoms with van der Waals surface area (Å²) in [5.41, 5.74) is 6.71. The molecule has 72 heavy (non-hydrogen) atoms. The molecule has 12 aromatic carbocycles. The summed E-state index contributed by atoms with van der Waals surface area (Å²) in [6.45, 7) is 0. The van der Waals surface area contributed by atoms with Crippen LogP contribution in [0.3, 0.4) is 0 Å². The third-order valence-electron chi connectivity index (χ3n) is 15.1. The van der Waals surface area contributed by atoms with E-state index < -0.39 is 0 Å². The summed E-state index contributed by atoms with van der Waals surface area (Å²) >= 11 is 0. The second-order valence-electron chi connectivity index (χ2n) is 18.5. The normalized spacial score (nSPS) is 12.1. The second-order valence-corrected chi connectivity index (χ2v) is 18.5. The van der Waals surface area contributed by atoms with E-state index >= 15 is 0 Å². The summed E-state index contributed by atoms with van der Waals surface area (Å²) in [5.74, 6) is 0. The van der Waals surface area contributed by atoms with E-state index in [0.717, 1.165) is 33.0 Å². The topological polar surface area (TPSA) is 0 Å². The van der Waals surface area contributed by atoms with Crippen molar-refractivity contribution in [2.45, 2.75) is 0 Å². The maximum absolute atomic E-state index is 7.48. The molecule has 284 valence electrons. The molecule has 0 aromatic heterocycles. The highest BCUT2D eigenvalue weighted by Gasteiger charge is 2.30. The molecule has 0 heterocycles. The zero-order chi connectivity index (χ0) is 51.0. The van der Waals surface area contributed by atoms with E-state index in [2.05, 4.69) is 0 Å². The van der Waals surface area contributed by atoms with Crippen LogP contribution >= 0.6 is 0 Å². The van der Waals surface area contributed by atoms with E-state index in [1.54, 1.807) is 0 Å². The smallest absolute Gasteiger partial charge is 0.109 e. The van der Waals surface area contributed by atoms with E-state index in [0.29, 0.717) is 86.9 Å². The standard InChI is InChI=1S/C54H14B18/c55-37-22(29-25-27-33(43(61)39(29)57)49(67)53(71)51(69)35(27)47(65)45(63)31(25)41(37)59)17-13-20(16-7-2-1-3-8-16)23(19-12-6-10-15-9-4-5-11-18(15)19)21(14-17)24-30-26-28-34(44(62)40(30)58)50(68)54(72)52(70)36(28)48(66)46(64)32(26)42(60)38(24)56/h1-14H. The van der Waals surface area contributed by atoms with Crippen molar-refractivity contribution >= 4 is 315 Å². The predicted octanol–water partition coefficient (Wildman–Crippen LogP) is -6.41. The highest BCUT2D eigenvalue weighted by molar-refractivity contribution is 6.77. The van der Waals surface area contributed by atoms with E-state index in [9.17, 15) is 0 Å². The van der Waals surface area contributed by atoms with Crippen LogP contribution < -0.4 is 98.3 Å². The predicted molar refractivity (Wildman–Crippen MR) is 330 cm³/mol. The van der Waals surface area contributed by atoms with Gasteiger partial charge in [0, 0.05) is 0 Å². The minimum Gasteiger partial charge on any atom is -0.109 e. The number of hydrogen-bond acceptors (Lipinski definition) is 0. The molecule has 0 fully saturated rings. The first kappa shape index (κ1) is 47.2. The Balaban J connectivity index is 1.38. The summed E-state index contributed by atoms with van der Waals surface area (Å²) < 4.78 is 0. The monoisotopic (exact) mass is 860 g/mol. The quantitative estimate of drug-likeness (QED) is 0.122. The number of rotatable bonds is 4. The molecule has 0 saturated carbocycles. The molecule has 0 bridgehead atoms. The van der Waals surface area contributed by atoms with E-state index in [1.807, 2.05) is 84.9 Å². The van der Waals surface area contributed by atoms with Crippen LogP contribution in [-0.2, 0) is 0 Å². The van der Waals surface area contributed by atoms with Crippen molar-refractivity contribution in [3.63, 3.8) is 0 Å². The van der Waals surface area contributed by atoms with Crippen LogP contribution in [0.15, 0.2) is 84.9 Å². The molecule has 0 aliphatic heterocycles. The Labute approximate surface area is 441 Å². The Bertz CT molecular complexity index is 4420. The lowest BCUT2D eigenvalue weighted by atomic mass is 9.57. The lowest BCUT2D eigenvalue weighted by molar-refractivity contribution is 1.59. The van der Waals surface area contributed by atoms with Crippen molar-refractivity contribution in [2.24, 2.45) is 0 Å². The molecular formula is C54H14B18. The minimum atomic E-state index is 0.0626. The SMILES string of the molecule is [B]c1c([B])c2c([B])c([B])c3c([B])c([B])c(-c4cc(-c5ccccc5)c(-c5cccc6ccccc56)c(-c5c([B])c([B])c6c([B])c([B])c7c([B])c([B])c([B])c8c([B])c([B])c5c6c78)c4)c4c([B])c([B])c(c1[B])c2c34. The molecule has 12 aromatic rings. The van der Waals surface area contributed by atoms with Gasteiger partial charge < -0.3 is 0 Å². The maximum Gasteiger partial charge on any atom is 0.113 e. The van der Waals surface area contributed by atoms with Crippen molar-refractivity contribution < 1.29 is 0 Å². The molecule has 0 unspecified atom stereocenters. The van der Waals surface area contributed by atoms with Crippen LogP contribution in [0, 0.1) is 0 Å². The summed E-state index contributed by atoms with van der Waals surface area (Å²) in [5, 5.41) is 6.46. The molecule has 0 amide bonds. The Morgan fingerprint density at radius 3 is 1.00 bits per heavy atom. The number of hydrogen-bond donors (Lipinski definition) is 0. The minimum absolute atomic E-state index is 0.0626.